The molecule has 0 rings (SSSR count). The van der Waals surface area contributed by atoms with Gasteiger partial charge < -0.3 is 55.9 Å². The van der Waals surface area contributed by atoms with Crippen LogP contribution in [0, 0.1) is 0 Å². The smallest absolute Gasteiger partial charge is 1.00 e. The summed E-state index contributed by atoms with van der Waals surface area (Å²) in [5.41, 5.74) is 0. The fourth-order valence-corrected chi connectivity index (χ4v) is 2.02. The van der Waals surface area contributed by atoms with E-state index in [1.807, 2.05) is 41.5 Å². The summed E-state index contributed by atoms with van der Waals surface area (Å²) in [6.07, 6.45) is 0. The summed E-state index contributed by atoms with van der Waals surface area (Å²) in [4.78, 5) is 0. The van der Waals surface area contributed by atoms with Gasteiger partial charge in [-0.15, -0.1) is 0 Å². The van der Waals surface area contributed by atoms with Crippen molar-refractivity contribution in [1.82, 2.24) is 31.9 Å². The van der Waals surface area contributed by atoms with Crippen molar-refractivity contribution in [1.29, 1.82) is 0 Å². The Kier molecular flexibility index (Phi) is 47.6. The van der Waals surface area contributed by atoms with Gasteiger partial charge in [0.1, 0.15) is 0 Å². The van der Waals surface area contributed by atoms with Crippen LogP contribution in [0.15, 0.2) is 0 Å². The van der Waals surface area contributed by atoms with E-state index in [9.17, 15) is 0 Å². The third-order valence-electron chi connectivity index (χ3n) is 2.02. The van der Waals surface area contributed by atoms with Gasteiger partial charge in [0.15, 0.2) is 15.3 Å². The van der Waals surface area contributed by atoms with Gasteiger partial charge in [-0.2, -0.15) is 0 Å². The maximum absolute atomic E-state index is 4.83. The third kappa shape index (κ3) is 39.6. The summed E-state index contributed by atoms with van der Waals surface area (Å²) >= 11 is 14.5. The van der Waals surface area contributed by atoms with Crippen LogP contribution in [0.2, 0.25) is 0 Å². The van der Waals surface area contributed by atoms with E-state index >= 15 is 0 Å². The zero-order valence-corrected chi connectivity index (χ0v) is 22.7. The van der Waals surface area contributed by atoms with Gasteiger partial charge in [0.2, 0.25) is 0 Å². The van der Waals surface area contributed by atoms with Crippen molar-refractivity contribution in [2.24, 2.45) is 0 Å². The molecule has 6 nitrogen and oxygen atoms in total. The summed E-state index contributed by atoms with van der Waals surface area (Å²) in [6, 6.07) is 0. The zero-order chi connectivity index (χ0) is 19.2. The van der Waals surface area contributed by atoms with Crippen molar-refractivity contribution in [3.8, 4) is 0 Å². The fraction of sp³-hybridized carbons (Fsp3) is 0.800. The number of thiocarbonyl (C=S) groups is 3. The van der Waals surface area contributed by atoms with Crippen LogP contribution in [0.1, 0.15) is 41.5 Å². The number of nitrogens with one attached hydrogen (secondary N) is 6. The van der Waals surface area contributed by atoms with Crippen molar-refractivity contribution < 1.29 is 46.4 Å². The Hall–Kier alpha value is 0.540. The first kappa shape index (κ1) is 37.3. The zero-order valence-electron chi connectivity index (χ0n) is 16.6. The molecule has 0 radical (unpaired) electrons. The minimum absolute atomic E-state index is 0. The Morgan fingerprint density at radius 2 is 0.577 bits per heavy atom. The molecule has 0 spiro atoms. The molecule has 0 heterocycles. The van der Waals surface area contributed by atoms with Crippen LogP contribution in [0.5, 0.6) is 0 Å². The van der Waals surface area contributed by atoms with Crippen LogP contribution in [0.4, 0.5) is 0 Å². The van der Waals surface area contributed by atoms with Gasteiger partial charge in [-0.05, 0) is 78.2 Å². The van der Waals surface area contributed by atoms with Crippen LogP contribution in [-0.2, 0) is 22.4 Å². The molecule has 0 aliphatic heterocycles. The first-order chi connectivity index (χ1) is 11.4. The monoisotopic (exact) mass is 630 g/mol. The van der Waals surface area contributed by atoms with Crippen molar-refractivity contribution in [2.75, 3.05) is 39.3 Å². The minimum Gasteiger partial charge on any atom is -1.00 e. The Balaban J connectivity index is -0.0000000817. The van der Waals surface area contributed by atoms with Crippen molar-refractivity contribution in [3.63, 3.8) is 0 Å². The van der Waals surface area contributed by atoms with Crippen molar-refractivity contribution in [2.45, 2.75) is 41.5 Å². The van der Waals surface area contributed by atoms with Gasteiger partial charge in [0.05, 0.1) is 0 Å². The Morgan fingerprint density at radius 1 is 0.462 bits per heavy atom. The van der Waals surface area contributed by atoms with Crippen LogP contribution in [-0.4, -0.2) is 54.6 Å². The fourth-order valence-electron chi connectivity index (χ4n) is 1.15. The van der Waals surface area contributed by atoms with E-state index in [-0.39, 0.29) is 46.4 Å². The SMILES string of the molecule is CCNC(=S)NCC.CCNC(=S)NCC.CCNC(=S)NCC.[Ag+].[I-]. The third-order valence-corrected chi connectivity index (χ3v) is 2.89. The summed E-state index contributed by atoms with van der Waals surface area (Å²) < 4.78 is 0. The van der Waals surface area contributed by atoms with E-state index in [0.717, 1.165) is 54.6 Å². The number of rotatable bonds is 6. The van der Waals surface area contributed by atoms with E-state index in [1.54, 1.807) is 0 Å². The summed E-state index contributed by atoms with van der Waals surface area (Å²) in [7, 11) is 0. The minimum atomic E-state index is 0. The van der Waals surface area contributed by atoms with Crippen molar-refractivity contribution >= 4 is 52.0 Å². The van der Waals surface area contributed by atoms with E-state index in [4.69, 9.17) is 36.7 Å². The van der Waals surface area contributed by atoms with E-state index < -0.39 is 0 Å². The van der Waals surface area contributed by atoms with Gasteiger partial charge in [-0.1, -0.05) is 0 Å². The molecule has 11 heteroatoms. The van der Waals surface area contributed by atoms with Gasteiger partial charge in [0.25, 0.3) is 0 Å². The normalized spacial score (nSPS) is 7.62. The Bertz CT molecular complexity index is 254. The molecule has 0 aromatic heterocycles. The predicted octanol–water partition coefficient (Wildman–Crippen LogP) is -1.53. The molecule has 0 aromatic carbocycles. The Labute approximate surface area is 209 Å². The molecule has 0 unspecified atom stereocenters. The predicted molar refractivity (Wildman–Crippen MR) is 120 cm³/mol. The van der Waals surface area contributed by atoms with Crippen molar-refractivity contribution in [3.05, 3.63) is 0 Å². The molecule has 0 bridgehead atoms. The average molecular weight is 631 g/mol. The second-order valence-corrected chi connectivity index (χ2v) is 5.39. The molecule has 0 aromatic rings. The van der Waals surface area contributed by atoms with Gasteiger partial charge >= 0.3 is 22.4 Å². The van der Waals surface area contributed by atoms with Gasteiger partial charge in [-0.3, -0.25) is 0 Å². The molecule has 0 fully saturated rings. The van der Waals surface area contributed by atoms with Crippen LogP contribution < -0.4 is 55.9 Å². The second kappa shape index (κ2) is 33.1. The number of halogens is 1. The first-order valence-corrected chi connectivity index (χ1v) is 9.70. The van der Waals surface area contributed by atoms with E-state index in [1.165, 1.54) is 0 Å². The maximum Gasteiger partial charge on any atom is 1.00 e. The molecule has 0 saturated heterocycles. The maximum atomic E-state index is 4.83. The number of hydrogen-bond acceptors (Lipinski definition) is 3. The molecule has 0 amide bonds. The molecule has 0 saturated carbocycles. The van der Waals surface area contributed by atoms with Gasteiger partial charge in [0, 0.05) is 39.3 Å². The summed E-state index contributed by atoms with van der Waals surface area (Å²) in [5, 5.41) is 20.0. The molecule has 0 aliphatic carbocycles. The van der Waals surface area contributed by atoms with Crippen LogP contribution >= 0.6 is 36.7 Å². The summed E-state index contributed by atoms with van der Waals surface area (Å²) in [6.45, 7) is 17.5. The average Bonchev–Trinajstić information content (AvgIpc) is 2.50. The second-order valence-electron chi connectivity index (χ2n) is 4.17. The molecule has 6 N–H and O–H groups in total. The Morgan fingerprint density at radius 3 is 0.654 bits per heavy atom. The number of hydrogen-bond donors (Lipinski definition) is 6. The molecule has 0 atom stereocenters. The quantitative estimate of drug-likeness (QED) is 0.119. The molecule has 162 valence electrons. The topological polar surface area (TPSA) is 72.2 Å². The summed E-state index contributed by atoms with van der Waals surface area (Å²) in [5.74, 6) is 0. The van der Waals surface area contributed by atoms with E-state index in [2.05, 4.69) is 31.9 Å². The van der Waals surface area contributed by atoms with Crippen LogP contribution in [0.3, 0.4) is 0 Å². The van der Waals surface area contributed by atoms with Crippen LogP contribution in [0.25, 0.3) is 0 Å². The molecule has 0 aliphatic rings. The molecule has 26 heavy (non-hydrogen) atoms. The molecular formula is C15H36AgIN6S3. The van der Waals surface area contributed by atoms with E-state index in [0.29, 0.717) is 0 Å². The van der Waals surface area contributed by atoms with Gasteiger partial charge in [-0.25, -0.2) is 0 Å². The largest absolute Gasteiger partial charge is 1.00 e. The first-order valence-electron chi connectivity index (χ1n) is 8.48. The molecular weight excluding hydrogens is 595 g/mol. The standard InChI is InChI=1S/3C5H12N2S.Ag.HI/c3*1-3-6-5(8)7-4-2;;/h3*3-4H2,1-2H3,(H2,6,7,8);;1H/q;;;+1;/p-1.